The summed E-state index contributed by atoms with van der Waals surface area (Å²) in [5.74, 6) is -0.163. The zero-order chi connectivity index (χ0) is 13.8. The highest BCUT2D eigenvalue weighted by Gasteiger charge is 2.10. The summed E-state index contributed by atoms with van der Waals surface area (Å²) in [6.45, 7) is 5.47. The van der Waals surface area contributed by atoms with Crippen molar-refractivity contribution in [3.05, 3.63) is 41.5 Å². The van der Waals surface area contributed by atoms with Gasteiger partial charge < -0.3 is 5.32 Å². The van der Waals surface area contributed by atoms with Gasteiger partial charge >= 0.3 is 0 Å². The van der Waals surface area contributed by atoms with E-state index in [9.17, 15) is 4.39 Å². The summed E-state index contributed by atoms with van der Waals surface area (Å²) in [6, 6.07) is 5.41. The largest absolute Gasteiger partial charge is 0.313 e. The molecular formula is C15H20FN3. The zero-order valence-electron chi connectivity index (χ0n) is 11.7. The van der Waals surface area contributed by atoms with Crippen LogP contribution in [0.5, 0.6) is 0 Å². The molecule has 0 amide bonds. The number of halogens is 1. The molecule has 0 radical (unpaired) electrons. The van der Waals surface area contributed by atoms with Crippen LogP contribution < -0.4 is 5.32 Å². The topological polar surface area (TPSA) is 29.9 Å². The smallest absolute Gasteiger partial charge is 0.128 e. The Morgan fingerprint density at radius 1 is 1.32 bits per heavy atom. The number of hydrogen-bond donors (Lipinski definition) is 1. The summed E-state index contributed by atoms with van der Waals surface area (Å²) in [5.41, 5.74) is 3.61. The number of benzene rings is 1. The van der Waals surface area contributed by atoms with Crippen molar-refractivity contribution in [2.24, 2.45) is 7.05 Å². The highest BCUT2D eigenvalue weighted by Crippen LogP contribution is 2.25. The fraction of sp³-hybridized carbons (Fsp3) is 0.400. The molecule has 0 unspecified atom stereocenters. The maximum absolute atomic E-state index is 14.0. The van der Waals surface area contributed by atoms with Gasteiger partial charge in [0, 0.05) is 30.9 Å². The summed E-state index contributed by atoms with van der Waals surface area (Å²) in [6.07, 6.45) is 2.79. The van der Waals surface area contributed by atoms with Gasteiger partial charge in [0.05, 0.1) is 5.69 Å². The molecule has 2 aromatic rings. The number of hydrogen-bond acceptors (Lipinski definition) is 2. The Balaban J connectivity index is 2.33. The molecule has 0 aliphatic carbocycles. The Hall–Kier alpha value is -1.68. The standard InChI is InChI=1S/C15H20FN3/c1-4-15-13(10-19(3)18-15)11-6-7-12(9-17-5-2)14(16)8-11/h6-8,10,17H,4-5,9H2,1-3H3. The molecule has 102 valence electrons. The minimum atomic E-state index is -0.163. The molecule has 0 spiro atoms. The highest BCUT2D eigenvalue weighted by atomic mass is 19.1. The molecule has 4 heteroatoms. The van der Waals surface area contributed by atoms with E-state index in [0.717, 1.165) is 29.8 Å². The molecule has 3 nitrogen and oxygen atoms in total. The van der Waals surface area contributed by atoms with Crippen LogP contribution in [0.3, 0.4) is 0 Å². The van der Waals surface area contributed by atoms with Gasteiger partial charge in [-0.05, 0) is 24.6 Å². The normalized spacial score (nSPS) is 10.9. The number of nitrogens with zero attached hydrogens (tertiary/aromatic N) is 2. The molecule has 2 rings (SSSR count). The maximum atomic E-state index is 14.0. The first-order chi connectivity index (χ1) is 9.15. The third-order valence-corrected chi connectivity index (χ3v) is 3.17. The minimum absolute atomic E-state index is 0.163. The molecule has 0 aliphatic heterocycles. The summed E-state index contributed by atoms with van der Waals surface area (Å²) < 4.78 is 15.8. The number of aromatic nitrogens is 2. The second kappa shape index (κ2) is 5.97. The van der Waals surface area contributed by atoms with Gasteiger partial charge in [-0.2, -0.15) is 5.10 Å². The van der Waals surface area contributed by atoms with E-state index in [0.29, 0.717) is 12.1 Å². The lowest BCUT2D eigenvalue weighted by Gasteiger charge is -2.06. The van der Waals surface area contributed by atoms with E-state index >= 15 is 0 Å². The van der Waals surface area contributed by atoms with Gasteiger partial charge in [0.15, 0.2) is 0 Å². The predicted molar refractivity (Wildman–Crippen MR) is 75.4 cm³/mol. The van der Waals surface area contributed by atoms with Crippen LogP contribution in [0, 0.1) is 5.82 Å². The second-order valence-corrected chi connectivity index (χ2v) is 4.60. The van der Waals surface area contributed by atoms with Crippen molar-refractivity contribution in [3.63, 3.8) is 0 Å². The van der Waals surface area contributed by atoms with Crippen molar-refractivity contribution in [2.45, 2.75) is 26.8 Å². The fourth-order valence-corrected chi connectivity index (χ4v) is 2.15. The van der Waals surface area contributed by atoms with Gasteiger partial charge in [0.1, 0.15) is 5.82 Å². The van der Waals surface area contributed by atoms with Gasteiger partial charge in [0.25, 0.3) is 0 Å². The Morgan fingerprint density at radius 3 is 2.74 bits per heavy atom. The molecule has 0 atom stereocenters. The monoisotopic (exact) mass is 261 g/mol. The van der Waals surface area contributed by atoms with Gasteiger partial charge in [-0.1, -0.05) is 26.0 Å². The Labute approximate surface area is 113 Å². The van der Waals surface area contributed by atoms with Crippen molar-refractivity contribution in [1.82, 2.24) is 15.1 Å². The first-order valence-corrected chi connectivity index (χ1v) is 6.67. The average Bonchev–Trinajstić information content (AvgIpc) is 2.78. The van der Waals surface area contributed by atoms with E-state index in [1.54, 1.807) is 10.7 Å². The third-order valence-electron chi connectivity index (χ3n) is 3.17. The van der Waals surface area contributed by atoms with Crippen molar-refractivity contribution in [2.75, 3.05) is 6.54 Å². The summed E-state index contributed by atoms with van der Waals surface area (Å²) in [7, 11) is 1.89. The van der Waals surface area contributed by atoms with Crippen LogP contribution in [0.1, 0.15) is 25.1 Å². The quantitative estimate of drug-likeness (QED) is 0.897. The first kappa shape index (κ1) is 13.7. The zero-order valence-corrected chi connectivity index (χ0v) is 11.7. The molecule has 1 aromatic carbocycles. The van der Waals surface area contributed by atoms with E-state index in [1.807, 2.05) is 32.3 Å². The second-order valence-electron chi connectivity index (χ2n) is 4.60. The molecule has 1 heterocycles. The van der Waals surface area contributed by atoms with Crippen LogP contribution >= 0.6 is 0 Å². The molecule has 0 fully saturated rings. The summed E-state index contributed by atoms with van der Waals surface area (Å²) >= 11 is 0. The van der Waals surface area contributed by atoms with E-state index in [1.165, 1.54) is 0 Å². The van der Waals surface area contributed by atoms with Gasteiger partial charge in [0.2, 0.25) is 0 Å². The Kier molecular flexibility index (Phi) is 4.32. The molecule has 1 aromatic heterocycles. The predicted octanol–water partition coefficient (Wildman–Crippen LogP) is 2.90. The van der Waals surface area contributed by atoms with Gasteiger partial charge in [-0.25, -0.2) is 4.39 Å². The summed E-state index contributed by atoms with van der Waals surface area (Å²) in [5, 5.41) is 7.52. The Bertz CT molecular complexity index is 561. The number of nitrogens with one attached hydrogen (secondary N) is 1. The van der Waals surface area contributed by atoms with Crippen LogP contribution in [-0.2, 0) is 20.0 Å². The molecule has 0 aliphatic rings. The van der Waals surface area contributed by atoms with Crippen molar-refractivity contribution in [1.29, 1.82) is 0 Å². The van der Waals surface area contributed by atoms with E-state index < -0.39 is 0 Å². The maximum Gasteiger partial charge on any atom is 0.128 e. The minimum Gasteiger partial charge on any atom is -0.313 e. The SMILES string of the molecule is CCNCc1ccc(-c2cn(C)nc2CC)cc1F. The van der Waals surface area contributed by atoms with E-state index in [2.05, 4.69) is 17.3 Å². The lowest BCUT2D eigenvalue weighted by Crippen LogP contribution is -2.12. The highest BCUT2D eigenvalue weighted by molar-refractivity contribution is 5.65. The van der Waals surface area contributed by atoms with E-state index in [-0.39, 0.29) is 5.82 Å². The number of aryl methyl sites for hydroxylation is 2. The summed E-state index contributed by atoms with van der Waals surface area (Å²) in [4.78, 5) is 0. The number of rotatable bonds is 5. The van der Waals surface area contributed by atoms with Crippen LogP contribution in [0.15, 0.2) is 24.4 Å². The molecule has 0 saturated heterocycles. The van der Waals surface area contributed by atoms with Crippen molar-refractivity contribution >= 4 is 0 Å². The van der Waals surface area contributed by atoms with Crippen LogP contribution in [0.2, 0.25) is 0 Å². The molecule has 1 N–H and O–H groups in total. The van der Waals surface area contributed by atoms with Gasteiger partial charge in [-0.3, -0.25) is 4.68 Å². The van der Waals surface area contributed by atoms with Crippen LogP contribution in [0.25, 0.3) is 11.1 Å². The fourth-order valence-electron chi connectivity index (χ4n) is 2.15. The molecule has 0 saturated carbocycles. The third kappa shape index (κ3) is 3.01. The van der Waals surface area contributed by atoms with Crippen molar-refractivity contribution < 1.29 is 4.39 Å². The lowest BCUT2D eigenvalue weighted by atomic mass is 10.0. The molecule has 19 heavy (non-hydrogen) atoms. The van der Waals surface area contributed by atoms with E-state index in [4.69, 9.17) is 0 Å². The lowest BCUT2D eigenvalue weighted by molar-refractivity contribution is 0.594. The first-order valence-electron chi connectivity index (χ1n) is 6.67. The van der Waals surface area contributed by atoms with Crippen molar-refractivity contribution in [3.8, 4) is 11.1 Å². The van der Waals surface area contributed by atoms with Gasteiger partial charge in [-0.15, -0.1) is 0 Å². The average molecular weight is 261 g/mol. The Morgan fingerprint density at radius 2 is 2.11 bits per heavy atom. The van der Waals surface area contributed by atoms with Crippen LogP contribution in [-0.4, -0.2) is 16.3 Å². The molecular weight excluding hydrogens is 241 g/mol. The van der Waals surface area contributed by atoms with Crippen LogP contribution in [0.4, 0.5) is 4.39 Å². The molecule has 0 bridgehead atoms.